The molecule has 31 heavy (non-hydrogen) atoms. The van der Waals surface area contributed by atoms with Crippen molar-refractivity contribution in [1.82, 2.24) is 4.57 Å². The number of benzene rings is 1. The van der Waals surface area contributed by atoms with Crippen LogP contribution in [0, 0.1) is 5.92 Å². The van der Waals surface area contributed by atoms with Crippen molar-refractivity contribution in [3.8, 4) is 0 Å². The Morgan fingerprint density at radius 1 is 1.32 bits per heavy atom. The molecule has 0 spiro atoms. The maximum Gasteiger partial charge on any atom is 0.338 e. The highest BCUT2D eigenvalue weighted by Crippen LogP contribution is 2.33. The van der Waals surface area contributed by atoms with E-state index in [1.54, 1.807) is 11.5 Å². The molecule has 1 atom stereocenters. The molecular weight excluding hydrogens is 496 g/mol. The van der Waals surface area contributed by atoms with Crippen molar-refractivity contribution in [1.29, 1.82) is 0 Å². The molecule has 0 fully saturated rings. The molecule has 0 N–H and O–H groups in total. The molecule has 5 nitrogen and oxygen atoms in total. The van der Waals surface area contributed by atoms with Crippen LogP contribution in [0.3, 0.4) is 0 Å². The quantitative estimate of drug-likeness (QED) is 0.476. The van der Waals surface area contributed by atoms with Gasteiger partial charge >= 0.3 is 5.97 Å². The van der Waals surface area contributed by atoms with E-state index in [-0.39, 0.29) is 11.5 Å². The highest BCUT2D eigenvalue weighted by molar-refractivity contribution is 9.10. The fraction of sp³-hybridized carbons (Fsp3) is 0.261. The summed E-state index contributed by atoms with van der Waals surface area (Å²) in [6.07, 6.45) is 1.86. The van der Waals surface area contributed by atoms with Crippen LogP contribution in [0.1, 0.15) is 37.3 Å². The van der Waals surface area contributed by atoms with Crippen molar-refractivity contribution < 1.29 is 9.53 Å². The Hall–Kier alpha value is -2.29. The van der Waals surface area contributed by atoms with E-state index in [0.29, 0.717) is 27.2 Å². The van der Waals surface area contributed by atoms with Gasteiger partial charge in [-0.3, -0.25) is 9.36 Å². The third-order valence-electron chi connectivity index (χ3n) is 4.75. The topological polar surface area (TPSA) is 60.7 Å². The second kappa shape index (κ2) is 9.06. The monoisotopic (exact) mass is 516 g/mol. The van der Waals surface area contributed by atoms with Gasteiger partial charge in [-0.25, -0.2) is 9.79 Å². The molecule has 0 amide bonds. The predicted octanol–water partition coefficient (Wildman–Crippen LogP) is 4.26. The van der Waals surface area contributed by atoms with Crippen LogP contribution in [0.25, 0.3) is 6.08 Å². The van der Waals surface area contributed by atoms with Gasteiger partial charge in [-0.15, -0.1) is 11.3 Å². The highest BCUT2D eigenvalue weighted by atomic mass is 79.9. The Balaban J connectivity index is 1.88. The van der Waals surface area contributed by atoms with E-state index in [1.165, 1.54) is 22.7 Å². The SMILES string of the molecule is CC1=C(C(=O)OCC(C)C)[C@@H](c2cccs2)n2c(s/c(=C\c3cccc(Br)c3)c2=O)=N1. The zero-order chi connectivity index (χ0) is 22.1. The lowest BCUT2D eigenvalue weighted by Gasteiger charge is -2.23. The summed E-state index contributed by atoms with van der Waals surface area (Å²) in [5.74, 6) is -0.203. The van der Waals surface area contributed by atoms with Gasteiger partial charge in [0.05, 0.1) is 22.4 Å². The minimum absolute atomic E-state index is 0.163. The Morgan fingerprint density at radius 2 is 2.13 bits per heavy atom. The van der Waals surface area contributed by atoms with Crippen LogP contribution < -0.4 is 14.9 Å². The lowest BCUT2D eigenvalue weighted by Crippen LogP contribution is -2.39. The van der Waals surface area contributed by atoms with Crippen LogP contribution in [0.4, 0.5) is 0 Å². The number of esters is 1. The van der Waals surface area contributed by atoms with E-state index in [0.717, 1.165) is 14.9 Å². The molecule has 0 bridgehead atoms. The number of carbonyl (C=O) groups is 1. The molecule has 0 saturated carbocycles. The molecule has 0 unspecified atom stereocenters. The molecule has 1 aliphatic heterocycles. The molecule has 3 heterocycles. The summed E-state index contributed by atoms with van der Waals surface area (Å²) in [4.78, 5) is 32.6. The van der Waals surface area contributed by atoms with E-state index in [9.17, 15) is 9.59 Å². The Labute approximate surface area is 196 Å². The van der Waals surface area contributed by atoms with Crippen molar-refractivity contribution in [2.75, 3.05) is 6.61 Å². The number of allylic oxidation sites excluding steroid dienone is 1. The van der Waals surface area contributed by atoms with Crippen molar-refractivity contribution in [3.63, 3.8) is 0 Å². The number of rotatable bonds is 5. The molecule has 2 aromatic heterocycles. The zero-order valence-corrected chi connectivity index (χ0v) is 20.5. The highest BCUT2D eigenvalue weighted by Gasteiger charge is 2.34. The van der Waals surface area contributed by atoms with Crippen molar-refractivity contribution >= 4 is 50.6 Å². The summed E-state index contributed by atoms with van der Waals surface area (Å²) in [5.41, 5.74) is 1.76. The fourth-order valence-corrected chi connectivity index (χ4v) is 5.65. The van der Waals surface area contributed by atoms with E-state index >= 15 is 0 Å². The second-order valence-corrected chi connectivity index (χ2v) is 10.5. The first kappa shape index (κ1) is 21.9. The van der Waals surface area contributed by atoms with Crippen molar-refractivity contribution in [2.45, 2.75) is 26.8 Å². The third-order valence-corrected chi connectivity index (χ3v) is 7.15. The van der Waals surface area contributed by atoms with Crippen LogP contribution in [0.2, 0.25) is 0 Å². The largest absolute Gasteiger partial charge is 0.462 e. The smallest absolute Gasteiger partial charge is 0.338 e. The summed E-state index contributed by atoms with van der Waals surface area (Å²) in [5, 5.41) is 1.94. The molecule has 160 valence electrons. The number of aromatic nitrogens is 1. The standard InChI is InChI=1S/C23H21BrN2O3S2/c1-13(2)12-29-22(28)19-14(3)25-23-26(20(19)17-8-5-9-30-17)21(27)18(31-23)11-15-6-4-7-16(24)10-15/h4-11,13,20H,12H2,1-3H3/b18-11-/t20-/m1/s1. The number of hydrogen-bond donors (Lipinski definition) is 0. The van der Waals surface area contributed by atoms with Gasteiger partial charge in [0.2, 0.25) is 0 Å². The van der Waals surface area contributed by atoms with Crippen LogP contribution in [-0.2, 0) is 9.53 Å². The summed E-state index contributed by atoms with van der Waals surface area (Å²) < 4.78 is 8.67. The van der Waals surface area contributed by atoms with Gasteiger partial charge in [-0.1, -0.05) is 59.3 Å². The van der Waals surface area contributed by atoms with Crippen molar-refractivity contribution in [2.24, 2.45) is 10.9 Å². The third kappa shape index (κ3) is 4.51. The second-order valence-electron chi connectivity index (χ2n) is 7.64. The number of nitrogens with zero attached hydrogens (tertiary/aromatic N) is 2. The lowest BCUT2D eigenvalue weighted by atomic mass is 10.0. The maximum atomic E-state index is 13.4. The van der Waals surface area contributed by atoms with Crippen LogP contribution in [0.5, 0.6) is 0 Å². The minimum atomic E-state index is -0.541. The first-order valence-corrected chi connectivity index (χ1v) is 12.3. The molecule has 0 aliphatic carbocycles. The summed E-state index contributed by atoms with van der Waals surface area (Å²) in [6, 6.07) is 11.1. The van der Waals surface area contributed by atoms with Gasteiger partial charge in [0, 0.05) is 9.35 Å². The summed E-state index contributed by atoms with van der Waals surface area (Å²) in [7, 11) is 0. The number of fused-ring (bicyclic) bond motifs is 1. The van der Waals surface area contributed by atoms with Crippen LogP contribution >= 0.6 is 38.6 Å². The Bertz CT molecular complexity index is 1330. The first-order chi connectivity index (χ1) is 14.8. The zero-order valence-electron chi connectivity index (χ0n) is 17.3. The van der Waals surface area contributed by atoms with E-state index in [1.807, 2.05) is 61.7 Å². The normalized spacial score (nSPS) is 16.4. The van der Waals surface area contributed by atoms with Gasteiger partial charge < -0.3 is 4.74 Å². The molecular formula is C23H21BrN2O3S2. The van der Waals surface area contributed by atoms with Gasteiger partial charge in [0.25, 0.3) is 5.56 Å². The average molecular weight is 517 g/mol. The molecule has 8 heteroatoms. The van der Waals surface area contributed by atoms with Crippen molar-refractivity contribution in [3.05, 3.63) is 87.6 Å². The Morgan fingerprint density at radius 3 is 2.81 bits per heavy atom. The lowest BCUT2D eigenvalue weighted by molar-refractivity contribution is -0.140. The van der Waals surface area contributed by atoms with E-state index in [2.05, 4.69) is 20.9 Å². The number of hydrogen-bond acceptors (Lipinski definition) is 6. The number of thiophene rings is 1. The molecule has 4 rings (SSSR count). The number of ether oxygens (including phenoxy) is 1. The number of thiazole rings is 1. The summed E-state index contributed by atoms with van der Waals surface area (Å²) in [6.45, 7) is 6.10. The summed E-state index contributed by atoms with van der Waals surface area (Å²) >= 11 is 6.31. The van der Waals surface area contributed by atoms with Crippen LogP contribution in [0.15, 0.2) is 67.3 Å². The molecule has 1 aliphatic rings. The van der Waals surface area contributed by atoms with Crippen LogP contribution in [-0.4, -0.2) is 17.1 Å². The molecule has 0 saturated heterocycles. The first-order valence-electron chi connectivity index (χ1n) is 9.84. The number of carbonyl (C=O) groups excluding carboxylic acids is 1. The molecule has 1 aromatic carbocycles. The van der Waals surface area contributed by atoms with E-state index in [4.69, 9.17) is 4.74 Å². The van der Waals surface area contributed by atoms with Gasteiger partial charge in [0.1, 0.15) is 6.04 Å². The van der Waals surface area contributed by atoms with Gasteiger partial charge in [-0.05, 0) is 48.1 Å². The molecule has 3 aromatic rings. The van der Waals surface area contributed by atoms with Gasteiger partial charge in [0.15, 0.2) is 4.80 Å². The van der Waals surface area contributed by atoms with E-state index < -0.39 is 12.0 Å². The maximum absolute atomic E-state index is 13.4. The molecule has 0 radical (unpaired) electrons. The van der Waals surface area contributed by atoms with Gasteiger partial charge in [-0.2, -0.15) is 0 Å². The predicted molar refractivity (Wildman–Crippen MR) is 128 cm³/mol. The minimum Gasteiger partial charge on any atom is -0.462 e. The average Bonchev–Trinajstić information content (AvgIpc) is 3.34. The fourth-order valence-electron chi connectivity index (χ4n) is 3.37. The Kier molecular flexibility index (Phi) is 6.41. The number of halogens is 1.